The van der Waals surface area contributed by atoms with Crippen LogP contribution < -0.4 is 0 Å². The first-order valence-electron chi connectivity index (χ1n) is 6.14. The first-order valence-corrected chi connectivity index (χ1v) is 6.14. The van der Waals surface area contributed by atoms with E-state index in [0.717, 1.165) is 6.07 Å². The molecule has 3 rings (SSSR count). The van der Waals surface area contributed by atoms with Crippen molar-refractivity contribution in [2.75, 3.05) is 0 Å². The van der Waals surface area contributed by atoms with E-state index in [4.69, 9.17) is 4.52 Å². The molecule has 1 heterocycles. The lowest BCUT2D eigenvalue weighted by atomic mass is 10.1. The van der Waals surface area contributed by atoms with Gasteiger partial charge >= 0.3 is 0 Å². The summed E-state index contributed by atoms with van der Waals surface area (Å²) in [6, 6.07) is 8.13. The van der Waals surface area contributed by atoms with Crippen LogP contribution in [0.15, 0.2) is 40.9 Å². The Morgan fingerprint density at radius 3 is 2.57 bits per heavy atom. The standard InChI is InChI=1S/C15H10F2N2O2/c1-8-2-3-9(6-12(8)16)14-18-15(21-19-14)11-5-4-10(20)7-13(11)17/h2-7,20H,1H3. The predicted molar refractivity (Wildman–Crippen MR) is 71.5 cm³/mol. The average Bonchev–Trinajstić information content (AvgIpc) is 2.91. The zero-order valence-electron chi connectivity index (χ0n) is 11.0. The van der Waals surface area contributed by atoms with E-state index >= 15 is 0 Å². The molecule has 0 saturated carbocycles. The van der Waals surface area contributed by atoms with Crippen LogP contribution in [0.25, 0.3) is 22.8 Å². The van der Waals surface area contributed by atoms with Gasteiger partial charge in [-0.05, 0) is 30.7 Å². The molecule has 106 valence electrons. The molecule has 0 aliphatic carbocycles. The Labute approximate surface area is 118 Å². The molecule has 0 amide bonds. The molecule has 6 heteroatoms. The van der Waals surface area contributed by atoms with Gasteiger partial charge in [-0.25, -0.2) is 8.78 Å². The molecule has 0 atom stereocenters. The Kier molecular flexibility index (Phi) is 3.13. The van der Waals surface area contributed by atoms with Crippen molar-refractivity contribution >= 4 is 0 Å². The third kappa shape index (κ3) is 2.47. The minimum atomic E-state index is -0.680. The number of hydrogen-bond acceptors (Lipinski definition) is 4. The number of hydrogen-bond donors (Lipinski definition) is 1. The Balaban J connectivity index is 2.01. The topological polar surface area (TPSA) is 59.2 Å². The highest BCUT2D eigenvalue weighted by molar-refractivity contribution is 5.61. The van der Waals surface area contributed by atoms with Crippen molar-refractivity contribution in [3.63, 3.8) is 0 Å². The SMILES string of the molecule is Cc1ccc(-c2noc(-c3ccc(O)cc3F)n2)cc1F. The van der Waals surface area contributed by atoms with Gasteiger partial charge in [-0.15, -0.1) is 0 Å². The van der Waals surface area contributed by atoms with Crippen LogP contribution in [-0.2, 0) is 0 Å². The number of nitrogens with zero attached hydrogens (tertiary/aromatic N) is 2. The van der Waals surface area contributed by atoms with E-state index in [1.165, 1.54) is 18.2 Å². The highest BCUT2D eigenvalue weighted by Crippen LogP contribution is 2.27. The van der Waals surface area contributed by atoms with Crippen molar-refractivity contribution < 1.29 is 18.4 Å². The molecule has 0 fully saturated rings. The molecule has 2 aromatic carbocycles. The summed E-state index contributed by atoms with van der Waals surface area (Å²) in [5.74, 6) is -1.13. The van der Waals surface area contributed by atoms with Gasteiger partial charge in [-0.2, -0.15) is 4.98 Å². The van der Waals surface area contributed by atoms with Gasteiger partial charge in [0.15, 0.2) is 0 Å². The van der Waals surface area contributed by atoms with Gasteiger partial charge in [-0.3, -0.25) is 0 Å². The number of phenolic OH excluding ortho intramolecular Hbond substituents is 1. The molecule has 0 radical (unpaired) electrons. The number of halogens is 2. The van der Waals surface area contributed by atoms with E-state index in [2.05, 4.69) is 10.1 Å². The van der Waals surface area contributed by atoms with Gasteiger partial charge in [0.1, 0.15) is 17.4 Å². The molecule has 3 aromatic rings. The van der Waals surface area contributed by atoms with Crippen LogP contribution in [0.1, 0.15) is 5.56 Å². The number of aromatic nitrogens is 2. The molecule has 0 aliphatic rings. The summed E-state index contributed by atoms with van der Waals surface area (Å²) in [5.41, 5.74) is 1.01. The molecule has 4 nitrogen and oxygen atoms in total. The molecular weight excluding hydrogens is 278 g/mol. The van der Waals surface area contributed by atoms with Crippen molar-refractivity contribution in [1.29, 1.82) is 0 Å². The summed E-state index contributed by atoms with van der Waals surface area (Å²) < 4.78 is 32.2. The van der Waals surface area contributed by atoms with Crippen molar-refractivity contribution in [1.82, 2.24) is 10.1 Å². The van der Waals surface area contributed by atoms with Crippen molar-refractivity contribution in [2.45, 2.75) is 6.92 Å². The van der Waals surface area contributed by atoms with E-state index in [-0.39, 0.29) is 28.8 Å². The minimum absolute atomic E-state index is 0.0384. The van der Waals surface area contributed by atoms with Crippen LogP contribution in [-0.4, -0.2) is 15.2 Å². The Morgan fingerprint density at radius 1 is 1.05 bits per heavy atom. The third-order valence-corrected chi connectivity index (χ3v) is 3.04. The summed E-state index contributed by atoms with van der Waals surface area (Å²) in [5, 5.41) is 12.9. The predicted octanol–water partition coefficient (Wildman–Crippen LogP) is 3.70. The van der Waals surface area contributed by atoms with Crippen molar-refractivity contribution in [3.8, 4) is 28.6 Å². The normalized spacial score (nSPS) is 10.8. The van der Waals surface area contributed by atoms with Crippen LogP contribution in [0.3, 0.4) is 0 Å². The molecule has 0 spiro atoms. The largest absolute Gasteiger partial charge is 0.508 e. The quantitative estimate of drug-likeness (QED) is 0.781. The highest BCUT2D eigenvalue weighted by Gasteiger charge is 2.15. The van der Waals surface area contributed by atoms with Crippen molar-refractivity contribution in [3.05, 3.63) is 53.6 Å². The van der Waals surface area contributed by atoms with E-state index in [9.17, 15) is 13.9 Å². The Bertz CT molecular complexity index is 815. The minimum Gasteiger partial charge on any atom is -0.508 e. The summed E-state index contributed by atoms with van der Waals surface area (Å²) in [6.07, 6.45) is 0. The summed E-state index contributed by atoms with van der Waals surface area (Å²) in [4.78, 5) is 4.05. The molecule has 1 aromatic heterocycles. The second-order valence-electron chi connectivity index (χ2n) is 4.55. The van der Waals surface area contributed by atoms with Gasteiger partial charge in [0, 0.05) is 11.6 Å². The summed E-state index contributed by atoms with van der Waals surface area (Å²) in [7, 11) is 0. The Morgan fingerprint density at radius 2 is 1.86 bits per heavy atom. The lowest BCUT2D eigenvalue weighted by Crippen LogP contribution is -1.87. The van der Waals surface area contributed by atoms with Crippen LogP contribution in [0.5, 0.6) is 5.75 Å². The Hall–Kier alpha value is -2.76. The van der Waals surface area contributed by atoms with Crippen LogP contribution in [0.2, 0.25) is 0 Å². The number of phenols is 1. The maximum atomic E-state index is 13.7. The van der Waals surface area contributed by atoms with Crippen LogP contribution in [0, 0.1) is 18.6 Å². The fourth-order valence-corrected chi connectivity index (χ4v) is 1.86. The zero-order valence-corrected chi connectivity index (χ0v) is 11.0. The smallest absolute Gasteiger partial charge is 0.261 e. The van der Waals surface area contributed by atoms with E-state index in [1.807, 2.05) is 0 Å². The van der Waals surface area contributed by atoms with Gasteiger partial charge in [-0.1, -0.05) is 17.3 Å². The molecule has 0 aliphatic heterocycles. The molecule has 0 unspecified atom stereocenters. The second kappa shape index (κ2) is 4.97. The average molecular weight is 288 g/mol. The van der Waals surface area contributed by atoms with E-state index in [0.29, 0.717) is 11.1 Å². The van der Waals surface area contributed by atoms with Gasteiger partial charge in [0.05, 0.1) is 5.56 Å². The van der Waals surface area contributed by atoms with Crippen molar-refractivity contribution in [2.24, 2.45) is 0 Å². The summed E-state index contributed by atoms with van der Waals surface area (Å²) in [6.45, 7) is 1.65. The first kappa shape index (κ1) is 13.2. The van der Waals surface area contributed by atoms with E-state index in [1.54, 1.807) is 19.1 Å². The molecule has 0 bridgehead atoms. The van der Waals surface area contributed by atoms with Crippen LogP contribution in [0.4, 0.5) is 8.78 Å². The number of rotatable bonds is 2. The molecule has 0 saturated heterocycles. The summed E-state index contributed by atoms with van der Waals surface area (Å²) >= 11 is 0. The van der Waals surface area contributed by atoms with E-state index < -0.39 is 5.82 Å². The fraction of sp³-hybridized carbons (Fsp3) is 0.0667. The fourth-order valence-electron chi connectivity index (χ4n) is 1.86. The maximum absolute atomic E-state index is 13.7. The molecule has 21 heavy (non-hydrogen) atoms. The third-order valence-electron chi connectivity index (χ3n) is 3.04. The highest BCUT2D eigenvalue weighted by atomic mass is 19.1. The number of aryl methyl sites for hydroxylation is 1. The maximum Gasteiger partial charge on any atom is 0.261 e. The lowest BCUT2D eigenvalue weighted by Gasteiger charge is -1.98. The zero-order chi connectivity index (χ0) is 15.0. The number of benzene rings is 2. The van der Waals surface area contributed by atoms with Crippen LogP contribution >= 0.6 is 0 Å². The number of aromatic hydroxyl groups is 1. The monoisotopic (exact) mass is 288 g/mol. The lowest BCUT2D eigenvalue weighted by molar-refractivity contribution is 0.428. The first-order chi connectivity index (χ1) is 10.0. The second-order valence-corrected chi connectivity index (χ2v) is 4.55. The van der Waals surface area contributed by atoms with Gasteiger partial charge in [0.25, 0.3) is 5.89 Å². The molecule has 1 N–H and O–H groups in total. The molecular formula is C15H10F2N2O2. The van der Waals surface area contributed by atoms with Gasteiger partial charge in [0.2, 0.25) is 5.82 Å². The van der Waals surface area contributed by atoms with Gasteiger partial charge < -0.3 is 9.63 Å².